The van der Waals surface area contributed by atoms with E-state index in [1.165, 1.54) is 17.3 Å². The molecule has 1 atom stereocenters. The molecule has 168 valence electrons. The van der Waals surface area contributed by atoms with Gasteiger partial charge in [-0.25, -0.2) is 9.67 Å². The van der Waals surface area contributed by atoms with Crippen molar-refractivity contribution in [3.05, 3.63) is 111 Å². The molecule has 4 rings (SSSR count). The van der Waals surface area contributed by atoms with Crippen LogP contribution in [0.4, 0.5) is 0 Å². The third kappa shape index (κ3) is 5.88. The SMILES string of the molecule is OC(/C=C/c1ccc(Cl)cc1Cl)(Cn1cncn1)c1ccc(Oc2ccc(Cl)cc2)cc1Cl. The summed E-state index contributed by atoms with van der Waals surface area (Å²) in [6, 6.07) is 17.2. The lowest BCUT2D eigenvalue weighted by molar-refractivity contribution is 0.0664. The Labute approximate surface area is 210 Å². The number of hydrogen-bond acceptors (Lipinski definition) is 4. The molecule has 0 amide bonds. The molecule has 1 aromatic heterocycles. The maximum atomic E-state index is 11.7. The molecule has 1 unspecified atom stereocenters. The summed E-state index contributed by atoms with van der Waals surface area (Å²) in [5, 5.41) is 17.7. The summed E-state index contributed by atoms with van der Waals surface area (Å²) in [6.07, 6.45) is 6.24. The molecule has 0 saturated heterocycles. The topological polar surface area (TPSA) is 60.2 Å². The van der Waals surface area contributed by atoms with Crippen LogP contribution in [-0.4, -0.2) is 19.9 Å². The predicted octanol–water partition coefficient (Wildman–Crippen LogP) is 7.29. The van der Waals surface area contributed by atoms with Crippen LogP contribution in [0.1, 0.15) is 11.1 Å². The monoisotopic (exact) mass is 519 g/mol. The van der Waals surface area contributed by atoms with Crippen LogP contribution in [-0.2, 0) is 12.1 Å². The fourth-order valence-electron chi connectivity index (χ4n) is 3.20. The first-order chi connectivity index (χ1) is 15.8. The molecule has 9 heteroatoms. The van der Waals surface area contributed by atoms with Crippen molar-refractivity contribution in [2.75, 3.05) is 0 Å². The zero-order valence-electron chi connectivity index (χ0n) is 17.0. The minimum Gasteiger partial charge on any atom is -0.457 e. The summed E-state index contributed by atoms with van der Waals surface area (Å²) >= 11 is 24.8. The largest absolute Gasteiger partial charge is 0.457 e. The second-order valence-corrected chi connectivity index (χ2v) is 8.90. The number of benzene rings is 3. The molecule has 0 spiro atoms. The van der Waals surface area contributed by atoms with Crippen LogP contribution < -0.4 is 4.74 Å². The zero-order chi connectivity index (χ0) is 23.4. The van der Waals surface area contributed by atoms with Crippen molar-refractivity contribution >= 4 is 52.5 Å². The van der Waals surface area contributed by atoms with Crippen LogP contribution in [0.15, 0.2) is 79.4 Å². The van der Waals surface area contributed by atoms with Crippen LogP contribution in [0, 0.1) is 0 Å². The number of nitrogens with zero attached hydrogens (tertiary/aromatic N) is 3. The van der Waals surface area contributed by atoms with Crippen molar-refractivity contribution in [1.82, 2.24) is 14.8 Å². The third-order valence-corrected chi connectivity index (χ3v) is 5.95. The molecule has 3 aromatic carbocycles. The van der Waals surface area contributed by atoms with Gasteiger partial charge < -0.3 is 9.84 Å². The molecule has 0 radical (unpaired) electrons. The first-order valence-corrected chi connectivity index (χ1v) is 11.3. The van der Waals surface area contributed by atoms with Crippen molar-refractivity contribution in [1.29, 1.82) is 0 Å². The maximum absolute atomic E-state index is 11.7. The fourth-order valence-corrected chi connectivity index (χ4v) is 4.13. The van der Waals surface area contributed by atoms with E-state index in [1.54, 1.807) is 72.8 Å². The van der Waals surface area contributed by atoms with Gasteiger partial charge in [-0.3, -0.25) is 0 Å². The molecule has 4 aromatic rings. The maximum Gasteiger partial charge on any atom is 0.137 e. The Bertz CT molecular complexity index is 1280. The summed E-state index contributed by atoms with van der Waals surface area (Å²) in [5.41, 5.74) is -0.367. The van der Waals surface area contributed by atoms with E-state index >= 15 is 0 Å². The molecular formula is C24H17Cl4N3O2. The minimum atomic E-state index is -1.52. The van der Waals surface area contributed by atoms with Gasteiger partial charge in [0.1, 0.15) is 29.8 Å². The third-order valence-electron chi connectivity index (χ3n) is 4.83. The lowest BCUT2D eigenvalue weighted by Gasteiger charge is -2.26. The van der Waals surface area contributed by atoms with Crippen LogP contribution in [0.3, 0.4) is 0 Å². The quantitative estimate of drug-likeness (QED) is 0.278. The number of aliphatic hydroxyl groups is 1. The Hall–Kier alpha value is -2.54. The summed E-state index contributed by atoms with van der Waals surface area (Å²) < 4.78 is 7.36. The molecule has 0 fully saturated rings. The van der Waals surface area contributed by atoms with E-state index in [9.17, 15) is 5.11 Å². The summed E-state index contributed by atoms with van der Waals surface area (Å²) in [5.74, 6) is 1.12. The van der Waals surface area contributed by atoms with Gasteiger partial charge in [-0.1, -0.05) is 64.6 Å². The van der Waals surface area contributed by atoms with Crippen molar-refractivity contribution in [3.8, 4) is 11.5 Å². The first-order valence-electron chi connectivity index (χ1n) is 9.75. The van der Waals surface area contributed by atoms with Gasteiger partial charge in [-0.05, 0) is 60.2 Å². The Morgan fingerprint density at radius 3 is 2.27 bits per heavy atom. The normalized spacial score (nSPS) is 13.2. The van der Waals surface area contributed by atoms with Crippen molar-refractivity contribution in [2.45, 2.75) is 12.1 Å². The lowest BCUT2D eigenvalue weighted by Crippen LogP contribution is -2.30. The molecule has 1 heterocycles. The molecular weight excluding hydrogens is 504 g/mol. The zero-order valence-corrected chi connectivity index (χ0v) is 20.0. The molecule has 0 aliphatic rings. The van der Waals surface area contributed by atoms with Gasteiger partial charge in [-0.15, -0.1) is 0 Å². The van der Waals surface area contributed by atoms with Crippen LogP contribution in [0.5, 0.6) is 11.5 Å². The van der Waals surface area contributed by atoms with E-state index < -0.39 is 5.60 Å². The van der Waals surface area contributed by atoms with E-state index in [1.807, 2.05) is 0 Å². The second-order valence-electron chi connectivity index (χ2n) is 7.21. The Morgan fingerprint density at radius 1 is 0.879 bits per heavy atom. The number of ether oxygens (including phenoxy) is 1. The van der Waals surface area contributed by atoms with Gasteiger partial charge in [0, 0.05) is 20.6 Å². The highest BCUT2D eigenvalue weighted by Crippen LogP contribution is 2.36. The van der Waals surface area contributed by atoms with Gasteiger partial charge in [0.05, 0.1) is 11.6 Å². The molecule has 0 saturated carbocycles. The van der Waals surface area contributed by atoms with Crippen molar-refractivity contribution < 1.29 is 9.84 Å². The Balaban J connectivity index is 1.67. The number of halogens is 4. The minimum absolute atomic E-state index is 0.0752. The van der Waals surface area contributed by atoms with Gasteiger partial charge in [-0.2, -0.15) is 5.10 Å². The highest BCUT2D eigenvalue weighted by Gasteiger charge is 2.30. The van der Waals surface area contributed by atoms with E-state index in [0.717, 1.165) is 0 Å². The smallest absolute Gasteiger partial charge is 0.137 e. The number of rotatable bonds is 7. The number of hydrogen-bond donors (Lipinski definition) is 1. The fraction of sp³-hybridized carbons (Fsp3) is 0.0833. The van der Waals surface area contributed by atoms with Gasteiger partial charge in [0.2, 0.25) is 0 Å². The average molecular weight is 521 g/mol. The first kappa shape index (κ1) is 23.6. The summed E-state index contributed by atoms with van der Waals surface area (Å²) in [4.78, 5) is 3.95. The molecule has 0 aliphatic heterocycles. The molecule has 33 heavy (non-hydrogen) atoms. The molecule has 0 bridgehead atoms. The lowest BCUT2D eigenvalue weighted by atomic mass is 9.92. The summed E-state index contributed by atoms with van der Waals surface area (Å²) in [7, 11) is 0. The van der Waals surface area contributed by atoms with Gasteiger partial charge >= 0.3 is 0 Å². The Kier molecular flexibility index (Phi) is 7.27. The molecule has 5 nitrogen and oxygen atoms in total. The highest BCUT2D eigenvalue weighted by molar-refractivity contribution is 6.35. The second kappa shape index (κ2) is 10.2. The Morgan fingerprint density at radius 2 is 1.61 bits per heavy atom. The van der Waals surface area contributed by atoms with Crippen molar-refractivity contribution in [2.24, 2.45) is 0 Å². The van der Waals surface area contributed by atoms with Crippen LogP contribution >= 0.6 is 46.4 Å². The van der Waals surface area contributed by atoms with E-state index in [4.69, 9.17) is 51.1 Å². The molecule has 0 aliphatic carbocycles. The van der Waals surface area contributed by atoms with Crippen molar-refractivity contribution in [3.63, 3.8) is 0 Å². The highest BCUT2D eigenvalue weighted by atomic mass is 35.5. The van der Waals surface area contributed by atoms with E-state index in [-0.39, 0.29) is 6.54 Å². The van der Waals surface area contributed by atoms with Gasteiger partial charge in [0.25, 0.3) is 0 Å². The van der Waals surface area contributed by atoms with Gasteiger partial charge in [0.15, 0.2) is 0 Å². The molecule has 1 N–H and O–H groups in total. The average Bonchev–Trinajstić information content (AvgIpc) is 3.27. The van der Waals surface area contributed by atoms with E-state index in [2.05, 4.69) is 10.1 Å². The van der Waals surface area contributed by atoms with E-state index in [0.29, 0.717) is 42.7 Å². The predicted molar refractivity (Wildman–Crippen MR) is 132 cm³/mol. The number of aromatic nitrogens is 3. The summed E-state index contributed by atoms with van der Waals surface area (Å²) in [6.45, 7) is 0.0752. The van der Waals surface area contributed by atoms with Crippen LogP contribution in [0.25, 0.3) is 6.08 Å². The standard InChI is InChI=1S/C24H17Cl4N3O2/c25-17-3-5-19(6-4-17)33-20-7-8-21(23(28)12-20)24(32,13-31-15-29-14-30-31)10-9-16-1-2-18(26)11-22(16)27/h1-12,14-15,32H,13H2/b10-9+. The van der Waals surface area contributed by atoms with Crippen LogP contribution in [0.2, 0.25) is 20.1 Å².